The summed E-state index contributed by atoms with van der Waals surface area (Å²) in [5.41, 5.74) is 1.34. The van der Waals surface area contributed by atoms with Gasteiger partial charge in [0.2, 0.25) is 0 Å². The quantitative estimate of drug-likeness (QED) is 0.539. The number of alkyl halides is 3. The highest BCUT2D eigenvalue weighted by Crippen LogP contribution is 2.29. The Morgan fingerprint density at radius 1 is 0.586 bits per heavy atom. The minimum absolute atomic E-state index is 0.0839. The zero-order chi connectivity index (χ0) is 20.9. The first kappa shape index (κ1) is 19.9. The number of amides is 2. The Morgan fingerprint density at radius 3 is 1.48 bits per heavy atom. The average Bonchev–Trinajstić information content (AvgIpc) is 2.70. The van der Waals surface area contributed by atoms with E-state index in [1.165, 1.54) is 0 Å². The lowest BCUT2D eigenvalue weighted by atomic mass is 10.2. The van der Waals surface area contributed by atoms with Crippen molar-refractivity contribution in [3.05, 3.63) is 84.4 Å². The number of para-hydroxylation sites is 1. The van der Waals surface area contributed by atoms with E-state index in [-0.39, 0.29) is 5.69 Å². The lowest BCUT2D eigenvalue weighted by Gasteiger charge is -2.10. The van der Waals surface area contributed by atoms with Crippen molar-refractivity contribution in [1.29, 1.82) is 0 Å². The lowest BCUT2D eigenvalue weighted by Crippen LogP contribution is -2.29. The van der Waals surface area contributed by atoms with Gasteiger partial charge in [0.1, 0.15) is 0 Å². The molecule has 0 fully saturated rings. The maximum Gasteiger partial charge on any atom is 0.416 e. The van der Waals surface area contributed by atoms with Crippen LogP contribution in [0.1, 0.15) is 5.56 Å². The van der Waals surface area contributed by atoms with Crippen LogP contribution in [0.4, 0.5) is 35.9 Å². The second-order valence-electron chi connectivity index (χ2n) is 6.05. The fourth-order valence-corrected chi connectivity index (χ4v) is 2.44. The minimum Gasteiger partial charge on any atom is -0.356 e. The molecule has 3 rings (SSSR count). The van der Waals surface area contributed by atoms with E-state index in [9.17, 15) is 22.8 Å². The van der Waals surface area contributed by atoms with E-state index < -0.39 is 23.6 Å². The van der Waals surface area contributed by atoms with E-state index in [1.807, 2.05) is 30.3 Å². The highest BCUT2D eigenvalue weighted by Gasteiger charge is 2.30. The van der Waals surface area contributed by atoms with Crippen molar-refractivity contribution < 1.29 is 22.8 Å². The summed E-state index contributed by atoms with van der Waals surface area (Å²) in [6.07, 6.45) is -4.47. The summed E-state index contributed by atoms with van der Waals surface area (Å²) in [5, 5.41) is 7.87. The van der Waals surface area contributed by atoms with Gasteiger partial charge in [-0.15, -0.1) is 0 Å². The van der Waals surface area contributed by atoms with Crippen LogP contribution in [0.5, 0.6) is 0 Å². The van der Waals surface area contributed by atoms with Crippen molar-refractivity contribution in [2.24, 2.45) is 0 Å². The number of anilines is 4. The van der Waals surface area contributed by atoms with E-state index in [0.29, 0.717) is 5.69 Å². The first-order chi connectivity index (χ1) is 13.8. The molecule has 148 valence electrons. The fraction of sp³-hybridized carbons (Fsp3) is 0.0476. The standard InChI is InChI=1S/C21H16F3N3O2/c22-21(23,24)14-6-8-17(9-7-14)26-19(28)20(29)27-18-12-10-16(11-13-18)25-15-4-2-1-3-5-15/h1-13,25H,(H,26,28)(H,27,29). The molecule has 0 atom stereocenters. The van der Waals surface area contributed by atoms with Crippen LogP contribution in [0.15, 0.2) is 78.9 Å². The molecule has 0 aliphatic carbocycles. The van der Waals surface area contributed by atoms with Crippen LogP contribution >= 0.6 is 0 Å². The number of carbonyl (C=O) groups excluding carboxylic acids is 2. The third kappa shape index (κ3) is 5.58. The Hall–Kier alpha value is -3.81. The van der Waals surface area contributed by atoms with Crippen LogP contribution < -0.4 is 16.0 Å². The summed E-state index contributed by atoms with van der Waals surface area (Å²) in [5.74, 6) is -1.93. The van der Waals surface area contributed by atoms with Crippen molar-refractivity contribution in [1.82, 2.24) is 0 Å². The summed E-state index contributed by atoms with van der Waals surface area (Å²) in [6.45, 7) is 0. The van der Waals surface area contributed by atoms with Gasteiger partial charge in [0, 0.05) is 22.7 Å². The Labute approximate surface area is 164 Å². The zero-order valence-corrected chi connectivity index (χ0v) is 15.0. The van der Waals surface area contributed by atoms with Gasteiger partial charge >= 0.3 is 18.0 Å². The fourth-order valence-electron chi connectivity index (χ4n) is 2.44. The van der Waals surface area contributed by atoms with Crippen LogP contribution in [-0.4, -0.2) is 11.8 Å². The van der Waals surface area contributed by atoms with Crippen LogP contribution in [0.3, 0.4) is 0 Å². The van der Waals surface area contributed by atoms with Gasteiger partial charge in [-0.05, 0) is 60.7 Å². The summed E-state index contributed by atoms with van der Waals surface area (Å²) in [6, 6.07) is 20.0. The maximum atomic E-state index is 12.5. The van der Waals surface area contributed by atoms with E-state index in [1.54, 1.807) is 24.3 Å². The van der Waals surface area contributed by atoms with Crippen molar-refractivity contribution in [3.8, 4) is 0 Å². The molecule has 0 saturated carbocycles. The Balaban J connectivity index is 1.56. The molecule has 5 nitrogen and oxygen atoms in total. The first-order valence-corrected chi connectivity index (χ1v) is 8.53. The summed E-state index contributed by atoms with van der Waals surface area (Å²) < 4.78 is 37.6. The molecule has 0 unspecified atom stereocenters. The number of benzene rings is 3. The summed E-state index contributed by atoms with van der Waals surface area (Å²) >= 11 is 0. The zero-order valence-electron chi connectivity index (χ0n) is 15.0. The number of nitrogens with one attached hydrogen (secondary N) is 3. The summed E-state index contributed by atoms with van der Waals surface area (Å²) in [4.78, 5) is 23.9. The molecule has 0 bridgehead atoms. The van der Waals surface area contributed by atoms with Crippen molar-refractivity contribution >= 4 is 34.6 Å². The van der Waals surface area contributed by atoms with Crippen LogP contribution in [-0.2, 0) is 15.8 Å². The predicted octanol–water partition coefficient (Wildman–Crippen LogP) is 5.03. The molecule has 0 heterocycles. The maximum absolute atomic E-state index is 12.5. The molecule has 0 spiro atoms. The minimum atomic E-state index is -4.47. The second kappa shape index (κ2) is 8.47. The molecule has 3 aromatic carbocycles. The van der Waals surface area contributed by atoms with Gasteiger partial charge in [0.05, 0.1) is 5.56 Å². The van der Waals surface area contributed by atoms with Gasteiger partial charge in [-0.3, -0.25) is 9.59 Å². The number of halogens is 3. The van der Waals surface area contributed by atoms with Gasteiger partial charge in [-0.2, -0.15) is 13.2 Å². The highest BCUT2D eigenvalue weighted by molar-refractivity contribution is 6.43. The van der Waals surface area contributed by atoms with Crippen LogP contribution in [0.2, 0.25) is 0 Å². The predicted molar refractivity (Wildman–Crippen MR) is 105 cm³/mol. The third-order valence-corrected chi connectivity index (χ3v) is 3.88. The number of hydrogen-bond acceptors (Lipinski definition) is 3. The molecular formula is C21H16F3N3O2. The topological polar surface area (TPSA) is 70.2 Å². The number of hydrogen-bond donors (Lipinski definition) is 3. The van der Waals surface area contributed by atoms with Gasteiger partial charge in [-0.1, -0.05) is 18.2 Å². The van der Waals surface area contributed by atoms with Gasteiger partial charge in [0.25, 0.3) is 0 Å². The largest absolute Gasteiger partial charge is 0.416 e. The molecule has 8 heteroatoms. The van der Waals surface area contributed by atoms with E-state index in [4.69, 9.17) is 0 Å². The summed E-state index contributed by atoms with van der Waals surface area (Å²) in [7, 11) is 0. The monoisotopic (exact) mass is 399 g/mol. The number of carbonyl (C=O) groups is 2. The van der Waals surface area contributed by atoms with Crippen molar-refractivity contribution in [3.63, 3.8) is 0 Å². The smallest absolute Gasteiger partial charge is 0.356 e. The molecule has 0 aromatic heterocycles. The normalized spacial score (nSPS) is 10.9. The Kier molecular flexibility index (Phi) is 5.82. The second-order valence-corrected chi connectivity index (χ2v) is 6.05. The molecular weight excluding hydrogens is 383 g/mol. The molecule has 0 radical (unpaired) electrons. The molecule has 0 aliphatic rings. The molecule has 3 N–H and O–H groups in total. The molecule has 3 aromatic rings. The van der Waals surface area contributed by atoms with Crippen molar-refractivity contribution in [2.45, 2.75) is 6.18 Å². The first-order valence-electron chi connectivity index (χ1n) is 8.53. The third-order valence-electron chi connectivity index (χ3n) is 3.88. The Bertz CT molecular complexity index is 986. The SMILES string of the molecule is O=C(Nc1ccc(Nc2ccccc2)cc1)C(=O)Nc1ccc(C(F)(F)F)cc1. The molecule has 2 amide bonds. The van der Waals surface area contributed by atoms with Gasteiger partial charge in [0.15, 0.2) is 0 Å². The van der Waals surface area contributed by atoms with Crippen LogP contribution in [0, 0.1) is 0 Å². The van der Waals surface area contributed by atoms with E-state index in [2.05, 4.69) is 16.0 Å². The Morgan fingerprint density at radius 2 is 1.00 bits per heavy atom. The highest BCUT2D eigenvalue weighted by atomic mass is 19.4. The molecule has 29 heavy (non-hydrogen) atoms. The molecule has 0 saturated heterocycles. The van der Waals surface area contributed by atoms with Gasteiger partial charge in [-0.25, -0.2) is 0 Å². The lowest BCUT2D eigenvalue weighted by molar-refractivity contribution is -0.137. The number of rotatable bonds is 4. The molecule has 0 aliphatic heterocycles. The van der Waals surface area contributed by atoms with Crippen LogP contribution in [0.25, 0.3) is 0 Å². The van der Waals surface area contributed by atoms with Gasteiger partial charge < -0.3 is 16.0 Å². The van der Waals surface area contributed by atoms with E-state index in [0.717, 1.165) is 35.6 Å². The average molecular weight is 399 g/mol. The van der Waals surface area contributed by atoms with Crippen molar-refractivity contribution in [2.75, 3.05) is 16.0 Å². The van der Waals surface area contributed by atoms with E-state index >= 15 is 0 Å².